The summed E-state index contributed by atoms with van der Waals surface area (Å²) in [7, 11) is 3.01. The molecule has 0 bridgehead atoms. The van der Waals surface area contributed by atoms with E-state index in [1.165, 1.54) is 20.0 Å². The van der Waals surface area contributed by atoms with Gasteiger partial charge in [-0.25, -0.2) is 0 Å². The lowest BCUT2D eigenvalue weighted by atomic mass is 9.95. The maximum absolute atomic E-state index is 12.0. The van der Waals surface area contributed by atoms with Gasteiger partial charge in [0.25, 0.3) is 0 Å². The van der Waals surface area contributed by atoms with Crippen molar-refractivity contribution >= 4 is 17.6 Å². The molecule has 0 radical (unpaired) electrons. The van der Waals surface area contributed by atoms with E-state index in [0.717, 1.165) is 24.0 Å². The second kappa shape index (κ2) is 10.2. The van der Waals surface area contributed by atoms with Gasteiger partial charge in [0.2, 0.25) is 0 Å². The van der Waals surface area contributed by atoms with Gasteiger partial charge in [-0.05, 0) is 61.6 Å². The van der Waals surface area contributed by atoms with Crippen molar-refractivity contribution in [3.63, 3.8) is 0 Å². The van der Waals surface area contributed by atoms with Crippen LogP contribution in [-0.2, 0) is 9.53 Å². The van der Waals surface area contributed by atoms with Crippen LogP contribution in [-0.4, -0.2) is 26.3 Å². The number of hydrogen-bond donors (Lipinski definition) is 0. The summed E-state index contributed by atoms with van der Waals surface area (Å²) in [6.45, 7) is 0. The lowest BCUT2D eigenvalue weighted by Crippen LogP contribution is -2.12. The standard InChI is InChI=1S/C24H25ClO4/c1-27-22-13-12-18(15-23(22)29-21-8-3-4-9-21)19(16-24(26)28-2)11-10-17-6-5-7-20(25)14-17/h5-7,12-15,19,21H,3-4,8-9,16H2,1-2H3/t19-/m0/s1. The zero-order valence-corrected chi connectivity index (χ0v) is 17.5. The molecule has 0 amide bonds. The quantitative estimate of drug-likeness (QED) is 0.472. The highest BCUT2D eigenvalue weighted by Crippen LogP contribution is 2.35. The van der Waals surface area contributed by atoms with Crippen molar-refractivity contribution in [2.24, 2.45) is 0 Å². The van der Waals surface area contributed by atoms with Gasteiger partial charge >= 0.3 is 5.97 Å². The molecule has 0 spiro atoms. The van der Waals surface area contributed by atoms with Gasteiger partial charge in [-0.3, -0.25) is 4.79 Å². The van der Waals surface area contributed by atoms with Crippen molar-refractivity contribution in [2.45, 2.75) is 44.1 Å². The van der Waals surface area contributed by atoms with E-state index in [2.05, 4.69) is 11.8 Å². The van der Waals surface area contributed by atoms with Gasteiger partial charge < -0.3 is 14.2 Å². The number of esters is 1. The molecule has 0 aromatic heterocycles. The maximum atomic E-state index is 12.0. The SMILES string of the molecule is COC(=O)C[C@H](C#Cc1cccc(Cl)c1)c1ccc(OC)c(OC2CCCC2)c1. The van der Waals surface area contributed by atoms with Crippen molar-refractivity contribution in [2.75, 3.05) is 14.2 Å². The predicted octanol–water partition coefficient (Wildman–Crippen LogP) is 5.37. The minimum absolute atomic E-state index is 0.152. The van der Waals surface area contributed by atoms with Crippen LogP contribution in [0.1, 0.15) is 49.1 Å². The van der Waals surface area contributed by atoms with Crippen molar-refractivity contribution < 1.29 is 19.0 Å². The average Bonchev–Trinajstić information content (AvgIpc) is 3.24. The summed E-state index contributed by atoms with van der Waals surface area (Å²) >= 11 is 6.05. The Hall–Kier alpha value is -2.64. The molecule has 1 fully saturated rings. The Morgan fingerprint density at radius 1 is 1.14 bits per heavy atom. The highest BCUT2D eigenvalue weighted by Gasteiger charge is 2.21. The Labute approximate surface area is 177 Å². The first-order valence-corrected chi connectivity index (χ1v) is 10.2. The van der Waals surface area contributed by atoms with Gasteiger partial charge in [0, 0.05) is 10.6 Å². The first-order valence-electron chi connectivity index (χ1n) is 9.77. The highest BCUT2D eigenvalue weighted by atomic mass is 35.5. The molecular weight excluding hydrogens is 388 g/mol. The predicted molar refractivity (Wildman–Crippen MR) is 114 cm³/mol. The number of carbonyl (C=O) groups is 1. The van der Waals surface area contributed by atoms with Gasteiger partial charge in [-0.15, -0.1) is 0 Å². The largest absolute Gasteiger partial charge is 0.493 e. The molecular formula is C24H25ClO4. The van der Waals surface area contributed by atoms with E-state index in [4.69, 9.17) is 25.8 Å². The van der Waals surface area contributed by atoms with Crippen LogP contribution in [0.25, 0.3) is 0 Å². The number of halogens is 1. The second-order valence-electron chi connectivity index (χ2n) is 7.05. The zero-order chi connectivity index (χ0) is 20.6. The van der Waals surface area contributed by atoms with Crippen LogP contribution >= 0.6 is 11.6 Å². The van der Waals surface area contributed by atoms with Crippen LogP contribution in [0.15, 0.2) is 42.5 Å². The van der Waals surface area contributed by atoms with E-state index >= 15 is 0 Å². The minimum Gasteiger partial charge on any atom is -0.493 e. The molecule has 1 aliphatic rings. The normalized spacial score (nSPS) is 14.6. The highest BCUT2D eigenvalue weighted by molar-refractivity contribution is 6.30. The Kier molecular flexibility index (Phi) is 7.43. The molecule has 2 aromatic carbocycles. The molecule has 3 rings (SSSR count). The van der Waals surface area contributed by atoms with Crippen LogP contribution in [0.4, 0.5) is 0 Å². The van der Waals surface area contributed by atoms with E-state index in [1.807, 2.05) is 30.3 Å². The minimum atomic E-state index is -0.335. The third-order valence-corrected chi connectivity index (χ3v) is 5.23. The Morgan fingerprint density at radius 3 is 2.62 bits per heavy atom. The summed E-state index contributed by atoms with van der Waals surface area (Å²) in [5.41, 5.74) is 1.68. The summed E-state index contributed by atoms with van der Waals surface area (Å²) < 4.78 is 16.5. The molecule has 0 N–H and O–H groups in total. The number of ether oxygens (including phenoxy) is 3. The average molecular weight is 413 g/mol. The summed E-state index contributed by atoms with van der Waals surface area (Å²) in [6, 6.07) is 13.0. The lowest BCUT2D eigenvalue weighted by Gasteiger charge is -2.18. The number of hydrogen-bond acceptors (Lipinski definition) is 4. The summed E-state index contributed by atoms with van der Waals surface area (Å²) in [4.78, 5) is 12.0. The van der Waals surface area contributed by atoms with Gasteiger partial charge in [0.15, 0.2) is 11.5 Å². The first-order chi connectivity index (χ1) is 14.1. The number of methoxy groups -OCH3 is 2. The molecule has 1 aliphatic carbocycles. The summed E-state index contributed by atoms with van der Waals surface area (Å²) in [5, 5.41) is 0.623. The fourth-order valence-corrected chi connectivity index (χ4v) is 3.62. The van der Waals surface area contributed by atoms with E-state index in [1.54, 1.807) is 19.2 Å². The van der Waals surface area contributed by atoms with Crippen LogP contribution < -0.4 is 9.47 Å². The summed E-state index contributed by atoms with van der Waals surface area (Å²) in [5.74, 6) is 7.04. The monoisotopic (exact) mass is 412 g/mol. The molecule has 2 aromatic rings. The van der Waals surface area contributed by atoms with Crippen LogP contribution in [0.2, 0.25) is 5.02 Å². The Bertz CT molecular complexity index is 907. The molecule has 4 nitrogen and oxygen atoms in total. The zero-order valence-electron chi connectivity index (χ0n) is 16.7. The van der Waals surface area contributed by atoms with Crippen molar-refractivity contribution in [3.05, 3.63) is 58.6 Å². The van der Waals surface area contributed by atoms with Crippen LogP contribution in [0.5, 0.6) is 11.5 Å². The molecule has 5 heteroatoms. The summed E-state index contributed by atoms with van der Waals surface area (Å²) in [6.07, 6.45) is 4.82. The van der Waals surface area contributed by atoms with E-state index in [0.29, 0.717) is 16.5 Å². The number of benzene rings is 2. The van der Waals surface area contributed by atoms with Crippen LogP contribution in [0.3, 0.4) is 0 Å². The molecule has 0 heterocycles. The van der Waals surface area contributed by atoms with E-state index < -0.39 is 0 Å². The molecule has 0 aliphatic heterocycles. The van der Waals surface area contributed by atoms with Gasteiger partial charge in [0.1, 0.15) is 0 Å². The fraction of sp³-hybridized carbons (Fsp3) is 0.375. The molecule has 0 saturated heterocycles. The smallest absolute Gasteiger partial charge is 0.307 e. The van der Waals surface area contributed by atoms with Crippen molar-refractivity contribution in [1.82, 2.24) is 0 Å². The second-order valence-corrected chi connectivity index (χ2v) is 7.48. The van der Waals surface area contributed by atoms with Gasteiger partial charge in [0.05, 0.1) is 32.7 Å². The van der Waals surface area contributed by atoms with Crippen molar-refractivity contribution in [1.29, 1.82) is 0 Å². The molecule has 0 unspecified atom stereocenters. The van der Waals surface area contributed by atoms with Crippen molar-refractivity contribution in [3.8, 4) is 23.3 Å². The topological polar surface area (TPSA) is 44.8 Å². The maximum Gasteiger partial charge on any atom is 0.307 e. The van der Waals surface area contributed by atoms with Crippen LogP contribution in [0, 0.1) is 11.8 Å². The third kappa shape index (κ3) is 5.92. The third-order valence-electron chi connectivity index (χ3n) is 5.00. The van der Waals surface area contributed by atoms with E-state index in [-0.39, 0.29) is 24.4 Å². The Morgan fingerprint density at radius 2 is 1.93 bits per heavy atom. The molecule has 152 valence electrons. The van der Waals surface area contributed by atoms with Gasteiger partial charge in [-0.2, -0.15) is 0 Å². The van der Waals surface area contributed by atoms with E-state index in [9.17, 15) is 4.79 Å². The number of carbonyl (C=O) groups excluding carboxylic acids is 1. The Balaban J connectivity index is 1.91. The molecule has 29 heavy (non-hydrogen) atoms. The lowest BCUT2D eigenvalue weighted by molar-refractivity contribution is -0.140. The first kappa shape index (κ1) is 21.1. The van der Waals surface area contributed by atoms with Gasteiger partial charge in [-0.1, -0.05) is 35.6 Å². The molecule has 1 atom stereocenters. The molecule has 1 saturated carbocycles. The number of rotatable bonds is 6. The fourth-order valence-electron chi connectivity index (χ4n) is 3.43.